The van der Waals surface area contributed by atoms with Crippen molar-refractivity contribution < 1.29 is 9.59 Å². The first-order chi connectivity index (χ1) is 12.1. The summed E-state index contributed by atoms with van der Waals surface area (Å²) in [5.41, 5.74) is 1.86. The molecule has 126 valence electrons. The number of carbonyl (C=O) groups excluding carboxylic acids is 2. The van der Waals surface area contributed by atoms with Crippen molar-refractivity contribution in [1.82, 2.24) is 20.2 Å². The van der Waals surface area contributed by atoms with Gasteiger partial charge in [0.2, 0.25) is 11.1 Å². The standard InChI is InChI=1S/C17H15N5O2S/c1-11(23)13-4-2-3-5-14(13)19-15(24)10-25-17-20-16(21-22-17)12-6-8-18-9-7-12/h2-9H,10H2,1H3,(H,19,24)(H,20,21,22). The van der Waals surface area contributed by atoms with E-state index in [4.69, 9.17) is 0 Å². The molecule has 1 amide bonds. The number of amides is 1. The van der Waals surface area contributed by atoms with Crippen LogP contribution in [0.2, 0.25) is 0 Å². The quantitative estimate of drug-likeness (QED) is 0.522. The Balaban J connectivity index is 1.60. The zero-order chi connectivity index (χ0) is 17.6. The Labute approximate surface area is 148 Å². The first-order valence-corrected chi connectivity index (χ1v) is 8.47. The highest BCUT2D eigenvalue weighted by molar-refractivity contribution is 7.99. The molecule has 0 saturated carbocycles. The second kappa shape index (κ2) is 7.71. The zero-order valence-electron chi connectivity index (χ0n) is 13.4. The normalized spacial score (nSPS) is 10.4. The first-order valence-electron chi connectivity index (χ1n) is 7.49. The summed E-state index contributed by atoms with van der Waals surface area (Å²) < 4.78 is 0. The van der Waals surface area contributed by atoms with Crippen LogP contribution < -0.4 is 5.32 Å². The molecule has 3 aromatic rings. The van der Waals surface area contributed by atoms with Crippen LogP contribution in [0.15, 0.2) is 53.9 Å². The second-order valence-corrected chi connectivity index (χ2v) is 6.08. The highest BCUT2D eigenvalue weighted by atomic mass is 32.2. The van der Waals surface area contributed by atoms with E-state index in [0.717, 1.165) is 5.56 Å². The van der Waals surface area contributed by atoms with Gasteiger partial charge in [-0.25, -0.2) is 4.98 Å². The van der Waals surface area contributed by atoms with Crippen LogP contribution in [0.25, 0.3) is 11.4 Å². The molecule has 7 nitrogen and oxygen atoms in total. The van der Waals surface area contributed by atoms with Gasteiger partial charge in [0.1, 0.15) is 0 Å². The Morgan fingerprint density at radius 3 is 2.68 bits per heavy atom. The smallest absolute Gasteiger partial charge is 0.234 e. The topological polar surface area (TPSA) is 101 Å². The van der Waals surface area contributed by atoms with Gasteiger partial charge in [0.05, 0.1) is 11.4 Å². The van der Waals surface area contributed by atoms with Crippen molar-refractivity contribution in [1.29, 1.82) is 0 Å². The number of aromatic nitrogens is 4. The highest BCUT2D eigenvalue weighted by Gasteiger charge is 2.12. The zero-order valence-corrected chi connectivity index (χ0v) is 14.2. The molecule has 3 rings (SSSR count). The highest BCUT2D eigenvalue weighted by Crippen LogP contribution is 2.20. The lowest BCUT2D eigenvalue weighted by atomic mass is 10.1. The fraction of sp³-hybridized carbons (Fsp3) is 0.118. The van der Waals surface area contributed by atoms with Gasteiger partial charge in [0.25, 0.3) is 0 Å². The SMILES string of the molecule is CC(=O)c1ccccc1NC(=O)CSc1n[nH]c(-c2ccncc2)n1. The number of nitrogens with one attached hydrogen (secondary N) is 2. The van der Waals surface area contributed by atoms with Gasteiger partial charge in [-0.05, 0) is 31.2 Å². The lowest BCUT2D eigenvalue weighted by molar-refractivity contribution is -0.113. The molecule has 0 unspecified atom stereocenters. The number of thioether (sulfide) groups is 1. The number of para-hydroxylation sites is 1. The molecule has 0 bridgehead atoms. The molecule has 0 aliphatic carbocycles. The van der Waals surface area contributed by atoms with Gasteiger partial charge in [0.15, 0.2) is 11.6 Å². The minimum Gasteiger partial charge on any atom is -0.325 e. The number of aromatic amines is 1. The van der Waals surface area contributed by atoms with Crippen molar-refractivity contribution in [3.8, 4) is 11.4 Å². The summed E-state index contributed by atoms with van der Waals surface area (Å²) in [7, 11) is 0. The maximum atomic E-state index is 12.1. The van der Waals surface area contributed by atoms with Crippen LogP contribution in [-0.2, 0) is 4.79 Å². The van der Waals surface area contributed by atoms with Crippen LogP contribution in [0.1, 0.15) is 17.3 Å². The fourth-order valence-corrected chi connectivity index (χ4v) is 2.76. The summed E-state index contributed by atoms with van der Waals surface area (Å²) in [6.07, 6.45) is 3.34. The average Bonchev–Trinajstić information content (AvgIpc) is 3.10. The number of Topliss-reactive ketones (excluding diaryl/α,β-unsaturated/α-hetero) is 1. The molecule has 2 N–H and O–H groups in total. The monoisotopic (exact) mass is 353 g/mol. The number of carbonyl (C=O) groups is 2. The summed E-state index contributed by atoms with van der Waals surface area (Å²) in [6, 6.07) is 10.6. The van der Waals surface area contributed by atoms with Crippen molar-refractivity contribution in [3.63, 3.8) is 0 Å². The fourth-order valence-electron chi connectivity index (χ4n) is 2.17. The van der Waals surface area contributed by atoms with Crippen LogP contribution in [-0.4, -0.2) is 37.6 Å². The van der Waals surface area contributed by atoms with Crippen molar-refractivity contribution in [3.05, 3.63) is 54.4 Å². The van der Waals surface area contributed by atoms with Gasteiger partial charge in [0, 0.05) is 23.5 Å². The molecule has 8 heteroatoms. The number of ketones is 1. The second-order valence-electron chi connectivity index (χ2n) is 5.14. The first kappa shape index (κ1) is 16.8. The summed E-state index contributed by atoms with van der Waals surface area (Å²) >= 11 is 1.21. The lowest BCUT2D eigenvalue weighted by Crippen LogP contribution is -2.16. The maximum Gasteiger partial charge on any atom is 0.234 e. The third kappa shape index (κ3) is 4.30. The third-order valence-electron chi connectivity index (χ3n) is 3.33. The van der Waals surface area contributed by atoms with Crippen LogP contribution in [0.4, 0.5) is 5.69 Å². The van der Waals surface area contributed by atoms with Crippen molar-refractivity contribution in [2.75, 3.05) is 11.1 Å². The van der Waals surface area contributed by atoms with E-state index in [9.17, 15) is 9.59 Å². The number of rotatable bonds is 6. The number of pyridine rings is 1. The predicted molar refractivity (Wildman–Crippen MR) is 95.4 cm³/mol. The maximum absolute atomic E-state index is 12.1. The molecule has 2 aromatic heterocycles. The minimum atomic E-state index is -0.228. The Kier molecular flexibility index (Phi) is 5.20. The average molecular weight is 353 g/mol. The summed E-state index contributed by atoms with van der Waals surface area (Å²) in [5, 5.41) is 10.1. The van der Waals surface area contributed by atoms with Gasteiger partial charge >= 0.3 is 0 Å². The summed E-state index contributed by atoms with van der Waals surface area (Å²) in [6.45, 7) is 1.47. The van der Waals surface area contributed by atoms with Gasteiger partial charge in [-0.15, -0.1) is 5.10 Å². The summed E-state index contributed by atoms with van der Waals surface area (Å²) in [4.78, 5) is 32.0. The van der Waals surface area contributed by atoms with Gasteiger partial charge in [-0.2, -0.15) is 0 Å². The molecular weight excluding hydrogens is 338 g/mol. The van der Waals surface area contributed by atoms with E-state index in [0.29, 0.717) is 22.2 Å². The van der Waals surface area contributed by atoms with Crippen LogP contribution in [0.5, 0.6) is 0 Å². The van der Waals surface area contributed by atoms with E-state index >= 15 is 0 Å². The van der Waals surface area contributed by atoms with E-state index in [1.165, 1.54) is 18.7 Å². The molecule has 25 heavy (non-hydrogen) atoms. The minimum absolute atomic E-state index is 0.0977. The molecule has 2 heterocycles. The number of anilines is 1. The predicted octanol–water partition coefficient (Wildman–Crippen LogP) is 2.80. The van der Waals surface area contributed by atoms with E-state index in [2.05, 4.69) is 25.5 Å². The molecule has 0 fully saturated rings. The van der Waals surface area contributed by atoms with Crippen molar-refractivity contribution >= 4 is 29.1 Å². The number of hydrogen-bond acceptors (Lipinski definition) is 6. The Morgan fingerprint density at radius 2 is 1.92 bits per heavy atom. The van der Waals surface area contributed by atoms with E-state index in [1.54, 1.807) is 36.7 Å². The molecule has 0 spiro atoms. The molecule has 0 saturated heterocycles. The van der Waals surface area contributed by atoms with E-state index < -0.39 is 0 Å². The Hall–Kier alpha value is -3.00. The van der Waals surface area contributed by atoms with Gasteiger partial charge < -0.3 is 5.32 Å². The van der Waals surface area contributed by atoms with Crippen LogP contribution in [0.3, 0.4) is 0 Å². The van der Waals surface area contributed by atoms with Crippen molar-refractivity contribution in [2.24, 2.45) is 0 Å². The largest absolute Gasteiger partial charge is 0.325 e. The molecule has 0 radical (unpaired) electrons. The third-order valence-corrected chi connectivity index (χ3v) is 4.18. The Bertz CT molecular complexity index is 895. The van der Waals surface area contributed by atoms with Crippen LogP contribution in [0, 0.1) is 0 Å². The number of nitrogens with zero attached hydrogens (tertiary/aromatic N) is 3. The lowest BCUT2D eigenvalue weighted by Gasteiger charge is -2.08. The molecule has 0 atom stereocenters. The number of hydrogen-bond donors (Lipinski definition) is 2. The van der Waals surface area contributed by atoms with E-state index in [1.807, 2.05) is 12.1 Å². The summed E-state index contributed by atoms with van der Waals surface area (Å²) in [5.74, 6) is 0.431. The van der Waals surface area contributed by atoms with Crippen LogP contribution >= 0.6 is 11.8 Å². The van der Waals surface area contributed by atoms with Gasteiger partial charge in [-0.3, -0.25) is 19.7 Å². The van der Waals surface area contributed by atoms with Gasteiger partial charge in [-0.1, -0.05) is 23.9 Å². The number of H-pyrrole nitrogens is 1. The Morgan fingerprint density at radius 1 is 1.16 bits per heavy atom. The van der Waals surface area contributed by atoms with E-state index in [-0.39, 0.29) is 17.4 Å². The molecule has 0 aliphatic rings. The van der Waals surface area contributed by atoms with Crippen molar-refractivity contribution in [2.45, 2.75) is 12.1 Å². The molecule has 1 aromatic carbocycles. The number of benzene rings is 1. The molecular formula is C17H15N5O2S. The molecule has 0 aliphatic heterocycles.